The molecule has 2 aliphatic rings. The summed E-state index contributed by atoms with van der Waals surface area (Å²) in [4.78, 5) is 27.5. The maximum Gasteiger partial charge on any atom is 0.239 e. The zero-order chi connectivity index (χ0) is 13.1. The van der Waals surface area contributed by atoms with Crippen LogP contribution in [0.1, 0.15) is 32.6 Å². The molecule has 0 radical (unpaired) electrons. The minimum absolute atomic E-state index is 0.0820. The van der Waals surface area contributed by atoms with Crippen LogP contribution >= 0.6 is 0 Å². The molecule has 1 saturated heterocycles. The van der Waals surface area contributed by atoms with E-state index < -0.39 is 0 Å². The van der Waals surface area contributed by atoms with Gasteiger partial charge in [0.15, 0.2) is 0 Å². The third-order valence-electron chi connectivity index (χ3n) is 3.84. The number of carbonyl (C=O) groups excluding carboxylic acids is 2. The van der Waals surface area contributed by atoms with Crippen molar-refractivity contribution in [3.8, 4) is 0 Å². The van der Waals surface area contributed by atoms with Crippen LogP contribution in [0.5, 0.6) is 0 Å². The van der Waals surface area contributed by atoms with Crippen LogP contribution in [0.2, 0.25) is 0 Å². The smallest absolute Gasteiger partial charge is 0.239 e. The molecule has 1 aliphatic carbocycles. The molecule has 0 aromatic carbocycles. The van der Waals surface area contributed by atoms with E-state index in [1.54, 1.807) is 4.90 Å². The largest absolute Gasteiger partial charge is 0.342 e. The van der Waals surface area contributed by atoms with Crippen LogP contribution in [-0.2, 0) is 9.59 Å². The molecule has 0 spiro atoms. The fraction of sp³-hybridized carbons (Fsp3) is 0.846. The highest BCUT2D eigenvalue weighted by Crippen LogP contribution is 2.25. The molecule has 5 heteroatoms. The van der Waals surface area contributed by atoms with Crippen molar-refractivity contribution in [2.24, 2.45) is 0 Å². The van der Waals surface area contributed by atoms with E-state index in [2.05, 4.69) is 5.32 Å². The van der Waals surface area contributed by atoms with Crippen molar-refractivity contribution in [3.05, 3.63) is 0 Å². The third-order valence-corrected chi connectivity index (χ3v) is 3.84. The lowest BCUT2D eigenvalue weighted by atomic mass is 10.3. The SMILES string of the molecule is CC(NCC(=O)N(C)C1CC1)C(=O)N1CCCC1. The van der Waals surface area contributed by atoms with Crippen molar-refractivity contribution in [1.29, 1.82) is 0 Å². The van der Waals surface area contributed by atoms with Crippen molar-refractivity contribution in [1.82, 2.24) is 15.1 Å². The highest BCUT2D eigenvalue weighted by Gasteiger charge is 2.30. The fourth-order valence-electron chi connectivity index (χ4n) is 2.33. The summed E-state index contributed by atoms with van der Waals surface area (Å²) < 4.78 is 0. The van der Waals surface area contributed by atoms with Gasteiger partial charge in [0.2, 0.25) is 11.8 Å². The molecule has 1 N–H and O–H groups in total. The number of amides is 2. The van der Waals surface area contributed by atoms with Gasteiger partial charge in [-0.05, 0) is 32.6 Å². The Labute approximate surface area is 108 Å². The molecule has 0 aromatic rings. The number of likely N-dealkylation sites (N-methyl/N-ethyl adjacent to an activating group) is 1. The lowest BCUT2D eigenvalue weighted by Crippen LogP contribution is -2.47. The van der Waals surface area contributed by atoms with Gasteiger partial charge in [-0.1, -0.05) is 0 Å². The number of nitrogens with zero attached hydrogens (tertiary/aromatic N) is 2. The minimum atomic E-state index is -0.264. The van der Waals surface area contributed by atoms with Crippen LogP contribution in [0.15, 0.2) is 0 Å². The Morgan fingerprint density at radius 3 is 2.50 bits per heavy atom. The van der Waals surface area contributed by atoms with E-state index in [1.807, 2.05) is 18.9 Å². The Bertz CT molecular complexity index is 322. The molecule has 1 saturated carbocycles. The van der Waals surface area contributed by atoms with Gasteiger partial charge in [-0.2, -0.15) is 0 Å². The molecule has 0 aromatic heterocycles. The number of carbonyl (C=O) groups is 2. The molecule has 2 rings (SSSR count). The highest BCUT2D eigenvalue weighted by molar-refractivity contribution is 5.83. The molecule has 1 aliphatic heterocycles. The van der Waals surface area contributed by atoms with Crippen molar-refractivity contribution < 1.29 is 9.59 Å². The van der Waals surface area contributed by atoms with Gasteiger partial charge in [-0.25, -0.2) is 0 Å². The van der Waals surface area contributed by atoms with Gasteiger partial charge < -0.3 is 9.80 Å². The van der Waals surface area contributed by atoms with E-state index in [9.17, 15) is 9.59 Å². The van der Waals surface area contributed by atoms with Crippen LogP contribution < -0.4 is 5.32 Å². The molecule has 2 fully saturated rings. The van der Waals surface area contributed by atoms with E-state index in [-0.39, 0.29) is 24.4 Å². The molecular weight excluding hydrogens is 230 g/mol. The zero-order valence-electron chi connectivity index (χ0n) is 11.3. The van der Waals surface area contributed by atoms with Crippen molar-refractivity contribution in [2.75, 3.05) is 26.7 Å². The number of nitrogens with one attached hydrogen (secondary N) is 1. The number of hydrogen-bond acceptors (Lipinski definition) is 3. The van der Waals surface area contributed by atoms with Crippen LogP contribution in [0, 0.1) is 0 Å². The molecule has 102 valence electrons. The molecule has 2 amide bonds. The van der Waals surface area contributed by atoms with Gasteiger partial charge in [0, 0.05) is 26.2 Å². The second-order valence-corrected chi connectivity index (χ2v) is 5.37. The zero-order valence-corrected chi connectivity index (χ0v) is 11.3. The lowest BCUT2D eigenvalue weighted by Gasteiger charge is -2.22. The Hall–Kier alpha value is -1.10. The number of rotatable bonds is 5. The second-order valence-electron chi connectivity index (χ2n) is 5.37. The van der Waals surface area contributed by atoms with E-state index in [1.165, 1.54) is 0 Å². The van der Waals surface area contributed by atoms with Gasteiger partial charge in [0.05, 0.1) is 12.6 Å². The van der Waals surface area contributed by atoms with Gasteiger partial charge in [-0.15, -0.1) is 0 Å². The maximum atomic E-state index is 12.0. The summed E-state index contributed by atoms with van der Waals surface area (Å²) in [7, 11) is 1.84. The summed E-state index contributed by atoms with van der Waals surface area (Å²) in [5.41, 5.74) is 0. The van der Waals surface area contributed by atoms with Gasteiger partial charge in [0.1, 0.15) is 0 Å². The van der Waals surface area contributed by atoms with Gasteiger partial charge in [0.25, 0.3) is 0 Å². The summed E-state index contributed by atoms with van der Waals surface area (Å²) in [6, 6.07) is 0.170. The van der Waals surface area contributed by atoms with Crippen molar-refractivity contribution >= 4 is 11.8 Å². The van der Waals surface area contributed by atoms with Crippen LogP contribution in [0.4, 0.5) is 0 Å². The monoisotopic (exact) mass is 253 g/mol. The Kier molecular flexibility index (Phi) is 4.22. The maximum absolute atomic E-state index is 12.0. The number of hydrogen-bond donors (Lipinski definition) is 1. The standard InChI is InChI=1S/C13H23N3O2/c1-10(13(18)16-7-3-4-8-16)14-9-12(17)15(2)11-5-6-11/h10-11,14H,3-9H2,1-2H3. The van der Waals surface area contributed by atoms with Crippen LogP contribution in [-0.4, -0.2) is 60.4 Å². The topological polar surface area (TPSA) is 52.7 Å². The molecule has 1 atom stereocenters. The van der Waals surface area contributed by atoms with E-state index in [0.29, 0.717) is 6.04 Å². The Morgan fingerprint density at radius 1 is 1.33 bits per heavy atom. The van der Waals surface area contributed by atoms with E-state index >= 15 is 0 Å². The van der Waals surface area contributed by atoms with Gasteiger partial charge in [-0.3, -0.25) is 14.9 Å². The fourth-order valence-corrected chi connectivity index (χ4v) is 2.33. The summed E-state index contributed by atoms with van der Waals surface area (Å²) in [5.74, 6) is 0.202. The molecule has 0 bridgehead atoms. The average molecular weight is 253 g/mol. The number of likely N-dealkylation sites (tertiary alicyclic amines) is 1. The predicted molar refractivity (Wildman–Crippen MR) is 69.1 cm³/mol. The van der Waals surface area contributed by atoms with E-state index in [4.69, 9.17) is 0 Å². The first-order valence-electron chi connectivity index (χ1n) is 6.87. The third kappa shape index (κ3) is 3.22. The summed E-state index contributed by atoms with van der Waals surface area (Å²) >= 11 is 0. The first-order chi connectivity index (χ1) is 8.59. The quantitative estimate of drug-likeness (QED) is 0.762. The molecule has 1 unspecified atom stereocenters. The normalized spacial score (nSPS) is 20.9. The first kappa shape index (κ1) is 13.3. The first-order valence-corrected chi connectivity index (χ1v) is 6.87. The van der Waals surface area contributed by atoms with Gasteiger partial charge >= 0.3 is 0 Å². The molecule has 18 heavy (non-hydrogen) atoms. The molecule has 1 heterocycles. The minimum Gasteiger partial charge on any atom is -0.342 e. The predicted octanol–water partition coefficient (Wildman–Crippen LogP) is 0.208. The van der Waals surface area contributed by atoms with Crippen molar-refractivity contribution in [2.45, 2.75) is 44.7 Å². The summed E-state index contributed by atoms with van der Waals surface area (Å²) in [6.45, 7) is 3.82. The van der Waals surface area contributed by atoms with Crippen molar-refractivity contribution in [3.63, 3.8) is 0 Å². The second kappa shape index (κ2) is 5.69. The molecule has 5 nitrogen and oxygen atoms in total. The Morgan fingerprint density at radius 2 is 1.94 bits per heavy atom. The summed E-state index contributed by atoms with van der Waals surface area (Å²) in [6.07, 6.45) is 4.43. The average Bonchev–Trinajstić information content (AvgIpc) is 3.08. The Balaban J connectivity index is 1.71. The van der Waals surface area contributed by atoms with Crippen LogP contribution in [0.25, 0.3) is 0 Å². The summed E-state index contributed by atoms with van der Waals surface area (Å²) in [5, 5.41) is 3.04. The lowest BCUT2D eigenvalue weighted by molar-refractivity contribution is -0.133. The highest BCUT2D eigenvalue weighted by atomic mass is 16.2. The van der Waals surface area contributed by atoms with Crippen LogP contribution in [0.3, 0.4) is 0 Å². The molecular formula is C13H23N3O2. The van der Waals surface area contributed by atoms with E-state index in [0.717, 1.165) is 38.8 Å².